The largest absolute Gasteiger partial charge is 0.436 e. The average molecular weight is 617 g/mol. The van der Waals surface area contributed by atoms with Crippen LogP contribution in [0.25, 0.3) is 0 Å². The van der Waals surface area contributed by atoms with E-state index in [0.29, 0.717) is 24.4 Å². The molecule has 38 heavy (non-hydrogen) atoms. The molecule has 0 bridgehead atoms. The average Bonchev–Trinajstić information content (AvgIpc) is 3.68. The molecule has 0 aromatic rings. The van der Waals surface area contributed by atoms with E-state index in [1.165, 1.54) is 63.5 Å². The first-order valence-corrected chi connectivity index (χ1v) is 29.5. The molecule has 2 saturated carbocycles. The van der Waals surface area contributed by atoms with Crippen molar-refractivity contribution in [3.8, 4) is 0 Å². The number of ether oxygens (including phenoxy) is 2. The molecule has 0 N–H and O–H groups in total. The minimum atomic E-state index is -2.66. The van der Waals surface area contributed by atoms with Crippen LogP contribution in [0.3, 0.4) is 0 Å². The van der Waals surface area contributed by atoms with Crippen LogP contribution in [-0.4, -0.2) is 66.7 Å². The Hall–Kier alpha value is 0.584. The fourth-order valence-corrected chi connectivity index (χ4v) is 30.9. The molecule has 0 radical (unpaired) electrons. The van der Waals surface area contributed by atoms with Crippen molar-refractivity contribution >= 4 is 42.3 Å². The summed E-state index contributed by atoms with van der Waals surface area (Å²) >= 11 is 0. The van der Waals surface area contributed by atoms with Gasteiger partial charge in [-0.15, -0.1) is 6.58 Å². The fraction of sp³-hybridized carbons (Fsp3) is 0.926. The van der Waals surface area contributed by atoms with E-state index < -0.39 is 42.3 Å². The van der Waals surface area contributed by atoms with E-state index in [2.05, 4.69) is 65.5 Å². The van der Waals surface area contributed by atoms with Crippen LogP contribution in [0, 0.1) is 11.8 Å². The van der Waals surface area contributed by atoms with Crippen LogP contribution < -0.4 is 0 Å². The quantitative estimate of drug-likeness (QED) is 0.140. The van der Waals surface area contributed by atoms with Crippen LogP contribution >= 0.6 is 0 Å². The predicted molar refractivity (Wildman–Crippen MR) is 167 cm³/mol. The molecule has 6 unspecified atom stereocenters. The van der Waals surface area contributed by atoms with E-state index in [9.17, 15) is 0 Å². The SMILES string of the molecule is C=C[Si](C)(O[Si](C)(C)O[Si](C)(C)CCC1CCC2OC2C1)O[Si](C)(C)O[Si](C)(C)CCC1CCC2OC2C1. The lowest BCUT2D eigenvalue weighted by atomic mass is 9.88. The van der Waals surface area contributed by atoms with Crippen LogP contribution in [0.4, 0.5) is 0 Å². The topological polar surface area (TPSA) is 62.0 Å². The Labute approximate surface area is 238 Å². The lowest BCUT2D eigenvalue weighted by molar-refractivity contribution is 0.299. The van der Waals surface area contributed by atoms with E-state index >= 15 is 0 Å². The van der Waals surface area contributed by atoms with Gasteiger partial charge in [0, 0.05) is 0 Å². The third-order valence-electron chi connectivity index (χ3n) is 8.85. The minimum Gasteiger partial charge on any atom is -0.436 e. The van der Waals surface area contributed by atoms with Gasteiger partial charge in [-0.3, -0.25) is 0 Å². The summed E-state index contributed by atoms with van der Waals surface area (Å²) in [6, 6.07) is 2.36. The number of hydrogen-bond donors (Lipinski definition) is 0. The first-order valence-electron chi connectivity index (χ1n) is 15.2. The number of rotatable bonds is 15. The molecule has 4 aliphatic rings. The second kappa shape index (κ2) is 11.7. The molecule has 6 atom stereocenters. The molecule has 0 spiro atoms. The van der Waals surface area contributed by atoms with Crippen molar-refractivity contribution in [3.63, 3.8) is 0 Å². The molecule has 220 valence electrons. The molecular weight excluding hydrogens is 561 g/mol. The summed E-state index contributed by atoms with van der Waals surface area (Å²) in [4.78, 5) is 0. The summed E-state index contributed by atoms with van der Waals surface area (Å²) in [5.74, 6) is 1.59. The van der Waals surface area contributed by atoms with Crippen LogP contribution in [0.2, 0.25) is 71.0 Å². The molecule has 4 fully saturated rings. The van der Waals surface area contributed by atoms with Crippen molar-refractivity contribution in [2.75, 3.05) is 0 Å². The van der Waals surface area contributed by atoms with Crippen molar-refractivity contribution in [1.29, 1.82) is 0 Å². The molecule has 0 amide bonds. The molecule has 4 rings (SSSR count). The summed E-state index contributed by atoms with van der Waals surface area (Å²) < 4.78 is 38.9. The van der Waals surface area contributed by atoms with E-state index in [1.54, 1.807) is 0 Å². The minimum absolute atomic E-state index is 0.556. The van der Waals surface area contributed by atoms with Gasteiger partial charge in [-0.2, -0.15) is 0 Å². The molecule has 2 aliphatic heterocycles. The van der Waals surface area contributed by atoms with Crippen LogP contribution in [-0.2, 0) is 25.9 Å². The Bertz CT molecular complexity index is 777. The highest BCUT2D eigenvalue weighted by molar-refractivity contribution is 6.92. The first-order chi connectivity index (χ1) is 17.5. The first kappa shape index (κ1) is 31.5. The van der Waals surface area contributed by atoms with E-state index in [1.807, 2.05) is 5.70 Å². The predicted octanol–water partition coefficient (Wildman–Crippen LogP) is 7.58. The summed E-state index contributed by atoms with van der Waals surface area (Å²) in [5.41, 5.74) is 1.94. The Morgan fingerprint density at radius 1 is 0.605 bits per heavy atom. The monoisotopic (exact) mass is 616 g/mol. The Morgan fingerprint density at radius 3 is 1.34 bits per heavy atom. The van der Waals surface area contributed by atoms with Gasteiger partial charge in [-0.05, 0) is 121 Å². The summed E-state index contributed by atoms with van der Waals surface area (Å²) in [6.07, 6.45) is 12.4. The van der Waals surface area contributed by atoms with Gasteiger partial charge in [0.25, 0.3) is 0 Å². The lowest BCUT2D eigenvalue weighted by Crippen LogP contribution is -2.59. The highest BCUT2D eigenvalue weighted by Crippen LogP contribution is 2.43. The van der Waals surface area contributed by atoms with Gasteiger partial charge in [-0.25, -0.2) is 0 Å². The van der Waals surface area contributed by atoms with Gasteiger partial charge < -0.3 is 25.9 Å². The van der Waals surface area contributed by atoms with Gasteiger partial charge in [-0.1, -0.05) is 18.5 Å². The van der Waals surface area contributed by atoms with Crippen molar-refractivity contribution in [1.82, 2.24) is 0 Å². The van der Waals surface area contributed by atoms with E-state index in [-0.39, 0.29) is 0 Å². The van der Waals surface area contributed by atoms with Gasteiger partial charge in [0.15, 0.2) is 16.6 Å². The van der Waals surface area contributed by atoms with Crippen molar-refractivity contribution < 1.29 is 25.9 Å². The normalized spacial score (nSPS) is 33.2. The summed E-state index contributed by atoms with van der Waals surface area (Å²) in [6.45, 7) is 24.5. The summed E-state index contributed by atoms with van der Waals surface area (Å²) in [5, 5.41) is 0. The molecular formula is C27H56O6Si5. The molecule has 0 aromatic carbocycles. The number of hydrogen-bond acceptors (Lipinski definition) is 6. The Balaban J connectivity index is 1.25. The number of fused-ring (bicyclic) bond motifs is 2. The smallest absolute Gasteiger partial charge is 0.343 e. The van der Waals surface area contributed by atoms with Crippen LogP contribution in [0.1, 0.15) is 51.4 Å². The van der Waals surface area contributed by atoms with Crippen LogP contribution in [0.15, 0.2) is 12.3 Å². The zero-order valence-corrected chi connectivity index (χ0v) is 30.8. The fourth-order valence-electron chi connectivity index (χ4n) is 7.16. The second-order valence-electron chi connectivity index (χ2n) is 14.8. The van der Waals surface area contributed by atoms with Gasteiger partial charge in [0.2, 0.25) is 0 Å². The Morgan fingerprint density at radius 2 is 1.00 bits per heavy atom. The van der Waals surface area contributed by atoms with Gasteiger partial charge >= 0.3 is 25.7 Å². The molecule has 11 heteroatoms. The van der Waals surface area contributed by atoms with Crippen LogP contribution in [0.5, 0.6) is 0 Å². The van der Waals surface area contributed by atoms with Crippen molar-refractivity contribution in [2.45, 2.75) is 147 Å². The van der Waals surface area contributed by atoms with E-state index in [4.69, 9.17) is 25.9 Å². The maximum absolute atomic E-state index is 6.89. The molecule has 2 aliphatic carbocycles. The standard InChI is InChI=1S/C27H56O6Si5/c1-11-38(10,32-36(6,7)30-34(2,3)18-16-22-12-14-24-26(20-22)28-24)33-37(8,9)31-35(4,5)19-17-23-13-15-25-27(21-23)29-25/h11,22-27H,1,12-21H2,2-10H3. The van der Waals surface area contributed by atoms with Gasteiger partial charge in [0.1, 0.15) is 0 Å². The van der Waals surface area contributed by atoms with Crippen molar-refractivity contribution in [2.24, 2.45) is 11.8 Å². The lowest BCUT2D eigenvalue weighted by Gasteiger charge is -2.43. The zero-order chi connectivity index (χ0) is 28.0. The third-order valence-corrected chi connectivity index (χ3v) is 28.1. The maximum Gasteiger partial charge on any atom is 0.343 e. The molecule has 2 heterocycles. The summed E-state index contributed by atoms with van der Waals surface area (Å²) in [7, 11) is -11.2. The highest BCUT2D eigenvalue weighted by atomic mass is 28.5. The zero-order valence-electron chi connectivity index (χ0n) is 25.8. The third kappa shape index (κ3) is 9.57. The second-order valence-corrected chi connectivity index (χ2v) is 34.2. The maximum atomic E-state index is 6.89. The molecule has 6 nitrogen and oxygen atoms in total. The molecule has 0 aromatic heterocycles. The van der Waals surface area contributed by atoms with Gasteiger partial charge in [0.05, 0.1) is 24.4 Å². The molecule has 2 saturated heterocycles. The highest BCUT2D eigenvalue weighted by Gasteiger charge is 2.48. The number of epoxide rings is 2. The van der Waals surface area contributed by atoms with E-state index in [0.717, 1.165) is 11.8 Å². The Kier molecular flexibility index (Phi) is 9.70. The van der Waals surface area contributed by atoms with Crippen molar-refractivity contribution in [3.05, 3.63) is 12.3 Å².